The third-order valence-electron chi connectivity index (χ3n) is 5.01. The largest absolute Gasteiger partial charge is 0.338 e. The summed E-state index contributed by atoms with van der Waals surface area (Å²) in [7, 11) is 0. The monoisotopic (exact) mass is 428 g/mol. The third kappa shape index (κ3) is 4.96. The fourth-order valence-corrected chi connectivity index (χ4v) is 3.76. The molecule has 2 aliphatic rings. The van der Waals surface area contributed by atoms with E-state index in [1.807, 2.05) is 11.8 Å². The number of amides is 4. The zero-order valence-corrected chi connectivity index (χ0v) is 17.4. The van der Waals surface area contributed by atoms with E-state index in [4.69, 9.17) is 11.6 Å². The molecule has 3 rings (SSSR count). The Kier molecular flexibility index (Phi) is 8.10. The fourth-order valence-electron chi connectivity index (χ4n) is 3.63. The van der Waals surface area contributed by atoms with Gasteiger partial charge in [-0.2, -0.15) is 0 Å². The first-order valence-electron chi connectivity index (χ1n) is 9.41. The van der Waals surface area contributed by atoms with Crippen molar-refractivity contribution in [1.29, 1.82) is 0 Å². The summed E-state index contributed by atoms with van der Waals surface area (Å²) in [4.78, 5) is 40.6. The number of carbonyl (C=O) groups is 3. The van der Waals surface area contributed by atoms with Crippen molar-refractivity contribution in [3.63, 3.8) is 0 Å². The van der Waals surface area contributed by atoms with E-state index in [0.29, 0.717) is 23.7 Å². The van der Waals surface area contributed by atoms with E-state index < -0.39 is 12.1 Å². The third-order valence-corrected chi connectivity index (χ3v) is 5.26. The van der Waals surface area contributed by atoms with Gasteiger partial charge in [-0.15, -0.1) is 12.4 Å². The minimum absolute atomic E-state index is 0. The van der Waals surface area contributed by atoms with Crippen LogP contribution >= 0.6 is 24.0 Å². The highest BCUT2D eigenvalue weighted by Crippen LogP contribution is 2.23. The molecule has 2 atom stereocenters. The molecule has 0 radical (unpaired) electrons. The van der Waals surface area contributed by atoms with Crippen molar-refractivity contribution in [2.24, 2.45) is 0 Å². The molecule has 7 nitrogen and oxygen atoms in total. The van der Waals surface area contributed by atoms with Gasteiger partial charge in [-0.25, -0.2) is 9.69 Å². The molecule has 0 bridgehead atoms. The van der Waals surface area contributed by atoms with Crippen LogP contribution in [0.1, 0.15) is 32.6 Å². The molecule has 2 fully saturated rings. The highest BCUT2D eigenvalue weighted by atomic mass is 35.5. The first-order valence-corrected chi connectivity index (χ1v) is 9.79. The number of halogens is 2. The van der Waals surface area contributed by atoms with E-state index in [9.17, 15) is 14.4 Å². The SMILES string of the molecule is CCCN(C(=O)CCC1NC(=O)N(c2ccc(Cl)cc2)C1=O)C1CCNC1.Cl. The Morgan fingerprint density at radius 1 is 1.29 bits per heavy atom. The van der Waals surface area contributed by atoms with E-state index in [1.54, 1.807) is 24.3 Å². The van der Waals surface area contributed by atoms with Gasteiger partial charge in [0.15, 0.2) is 0 Å². The van der Waals surface area contributed by atoms with E-state index in [2.05, 4.69) is 10.6 Å². The van der Waals surface area contributed by atoms with Crippen LogP contribution in [0.15, 0.2) is 24.3 Å². The maximum Gasteiger partial charge on any atom is 0.329 e. The molecule has 28 heavy (non-hydrogen) atoms. The molecule has 0 aliphatic carbocycles. The van der Waals surface area contributed by atoms with Crippen molar-refractivity contribution in [2.75, 3.05) is 24.5 Å². The zero-order valence-electron chi connectivity index (χ0n) is 15.8. The molecule has 0 aromatic heterocycles. The second-order valence-corrected chi connectivity index (χ2v) is 7.36. The minimum Gasteiger partial charge on any atom is -0.338 e. The molecule has 2 aliphatic heterocycles. The summed E-state index contributed by atoms with van der Waals surface area (Å²) in [6.07, 6.45) is 2.39. The van der Waals surface area contributed by atoms with Crippen molar-refractivity contribution in [3.05, 3.63) is 29.3 Å². The maximum atomic E-state index is 12.7. The summed E-state index contributed by atoms with van der Waals surface area (Å²) < 4.78 is 0. The fraction of sp³-hybridized carbons (Fsp3) is 0.526. The van der Waals surface area contributed by atoms with Gasteiger partial charge in [-0.3, -0.25) is 9.59 Å². The summed E-state index contributed by atoms with van der Waals surface area (Å²) >= 11 is 5.86. The van der Waals surface area contributed by atoms with Gasteiger partial charge in [-0.05, 0) is 50.1 Å². The number of benzene rings is 1. The van der Waals surface area contributed by atoms with Crippen molar-refractivity contribution in [1.82, 2.24) is 15.5 Å². The minimum atomic E-state index is -0.678. The number of hydrogen-bond acceptors (Lipinski definition) is 4. The van der Waals surface area contributed by atoms with Crippen LogP contribution in [0.5, 0.6) is 0 Å². The van der Waals surface area contributed by atoms with Crippen LogP contribution in [0.2, 0.25) is 5.02 Å². The van der Waals surface area contributed by atoms with Crippen LogP contribution in [-0.4, -0.2) is 54.5 Å². The molecule has 2 N–H and O–H groups in total. The molecular weight excluding hydrogens is 403 g/mol. The van der Waals surface area contributed by atoms with Gasteiger partial charge in [0.05, 0.1) is 5.69 Å². The topological polar surface area (TPSA) is 81.8 Å². The summed E-state index contributed by atoms with van der Waals surface area (Å²) in [5.74, 6) is -0.294. The molecule has 0 saturated carbocycles. The first-order chi connectivity index (χ1) is 13.0. The van der Waals surface area contributed by atoms with E-state index in [1.165, 1.54) is 0 Å². The number of anilines is 1. The van der Waals surface area contributed by atoms with E-state index in [-0.39, 0.29) is 36.7 Å². The van der Waals surface area contributed by atoms with Gasteiger partial charge in [0, 0.05) is 30.6 Å². The lowest BCUT2D eigenvalue weighted by atomic mass is 10.1. The summed E-state index contributed by atoms with van der Waals surface area (Å²) in [6, 6.07) is 5.59. The first kappa shape index (κ1) is 22.5. The molecular formula is C19H26Cl2N4O3. The number of urea groups is 1. The second kappa shape index (κ2) is 10.1. The number of imide groups is 1. The molecule has 4 amide bonds. The van der Waals surface area contributed by atoms with Crippen LogP contribution in [0, 0.1) is 0 Å². The summed E-state index contributed by atoms with van der Waals surface area (Å²) in [5, 5.41) is 6.50. The number of carbonyl (C=O) groups excluding carboxylic acids is 3. The standard InChI is InChI=1S/C19H25ClN4O3.ClH/c1-2-11-23(15-9-10-21-12-15)17(25)8-7-16-18(26)24(19(27)22-16)14-5-3-13(20)4-6-14;/h3-6,15-16,21H,2,7-12H2,1H3,(H,22,27);1H. The summed E-state index contributed by atoms with van der Waals surface area (Å²) in [5.41, 5.74) is 0.473. The zero-order chi connectivity index (χ0) is 19.4. The molecule has 1 aromatic carbocycles. The van der Waals surface area contributed by atoms with Gasteiger partial charge < -0.3 is 15.5 Å². The van der Waals surface area contributed by atoms with Crippen LogP contribution in [0.25, 0.3) is 0 Å². The van der Waals surface area contributed by atoms with Gasteiger partial charge >= 0.3 is 6.03 Å². The number of hydrogen-bond donors (Lipinski definition) is 2. The Morgan fingerprint density at radius 3 is 2.61 bits per heavy atom. The molecule has 9 heteroatoms. The highest BCUT2D eigenvalue weighted by Gasteiger charge is 2.39. The quantitative estimate of drug-likeness (QED) is 0.653. The normalized spacial score (nSPS) is 21.4. The van der Waals surface area contributed by atoms with E-state index >= 15 is 0 Å². The van der Waals surface area contributed by atoms with Crippen LogP contribution < -0.4 is 15.5 Å². The Labute approximate surface area is 176 Å². The summed E-state index contributed by atoms with van der Waals surface area (Å²) in [6.45, 7) is 4.50. The predicted molar refractivity (Wildman–Crippen MR) is 111 cm³/mol. The average Bonchev–Trinajstić information content (AvgIpc) is 3.27. The van der Waals surface area contributed by atoms with Crippen molar-refractivity contribution in [2.45, 2.75) is 44.7 Å². The Hall–Kier alpha value is -1.83. The number of rotatable bonds is 7. The highest BCUT2D eigenvalue weighted by molar-refractivity contribution is 6.30. The molecule has 1 aromatic rings. The molecule has 154 valence electrons. The van der Waals surface area contributed by atoms with Crippen molar-refractivity contribution >= 4 is 47.5 Å². The van der Waals surface area contributed by atoms with Gasteiger partial charge in [0.1, 0.15) is 6.04 Å². The number of nitrogens with zero attached hydrogens (tertiary/aromatic N) is 2. The molecule has 2 unspecified atom stereocenters. The lowest BCUT2D eigenvalue weighted by Gasteiger charge is -2.28. The van der Waals surface area contributed by atoms with Gasteiger partial charge in [-0.1, -0.05) is 18.5 Å². The number of nitrogens with one attached hydrogen (secondary N) is 2. The predicted octanol–water partition coefficient (Wildman–Crippen LogP) is 2.57. The average molecular weight is 429 g/mol. The van der Waals surface area contributed by atoms with Gasteiger partial charge in [0.25, 0.3) is 5.91 Å². The van der Waals surface area contributed by atoms with Crippen LogP contribution in [0.3, 0.4) is 0 Å². The molecule has 2 saturated heterocycles. The molecule has 2 heterocycles. The second-order valence-electron chi connectivity index (χ2n) is 6.92. The van der Waals surface area contributed by atoms with Crippen molar-refractivity contribution < 1.29 is 14.4 Å². The van der Waals surface area contributed by atoms with Crippen LogP contribution in [0.4, 0.5) is 10.5 Å². The van der Waals surface area contributed by atoms with Crippen LogP contribution in [-0.2, 0) is 9.59 Å². The Balaban J connectivity index is 0.00000280. The Bertz CT molecular complexity index is 708. The smallest absolute Gasteiger partial charge is 0.329 e. The van der Waals surface area contributed by atoms with Gasteiger partial charge in [0.2, 0.25) is 5.91 Å². The molecule has 0 spiro atoms. The maximum absolute atomic E-state index is 12.7. The van der Waals surface area contributed by atoms with E-state index in [0.717, 1.165) is 30.8 Å². The van der Waals surface area contributed by atoms with Crippen molar-refractivity contribution in [3.8, 4) is 0 Å². The lowest BCUT2D eigenvalue weighted by Crippen LogP contribution is -2.42. The lowest BCUT2D eigenvalue weighted by molar-refractivity contribution is -0.133. The Morgan fingerprint density at radius 2 is 2.00 bits per heavy atom.